The topological polar surface area (TPSA) is 120 Å². The summed E-state index contributed by atoms with van der Waals surface area (Å²) in [4.78, 5) is 22.1. The van der Waals surface area contributed by atoms with E-state index in [-0.39, 0.29) is 5.69 Å². The smallest absolute Gasteiger partial charge is 0.321 e. The molecule has 0 bridgehead atoms. The molecule has 1 atom stereocenters. The number of nitrogens with two attached hydrogens (primary N) is 1. The van der Waals surface area contributed by atoms with Crippen LogP contribution in [0.2, 0.25) is 0 Å². The van der Waals surface area contributed by atoms with E-state index in [4.69, 9.17) is 5.73 Å². The number of hydrogen-bond acceptors (Lipinski definition) is 5. The van der Waals surface area contributed by atoms with E-state index in [2.05, 4.69) is 10.2 Å². The Morgan fingerprint density at radius 3 is 2.95 bits per heavy atom. The highest BCUT2D eigenvalue weighted by atomic mass is 16.6. The molecule has 8 nitrogen and oxygen atoms in total. The molecule has 1 unspecified atom stereocenters. The first-order valence-electron chi connectivity index (χ1n) is 6.22. The zero-order valence-electron chi connectivity index (χ0n) is 10.9. The first-order chi connectivity index (χ1) is 9.54. The average molecular weight is 277 g/mol. The number of benzene rings is 1. The van der Waals surface area contributed by atoms with Crippen LogP contribution in [-0.4, -0.2) is 19.7 Å². The maximum Gasteiger partial charge on any atom is 0.347 e. The highest BCUT2D eigenvalue weighted by Gasteiger charge is 2.18. The number of nitrogens with one attached hydrogen (secondary N) is 1. The van der Waals surface area contributed by atoms with Crippen molar-refractivity contribution in [2.24, 2.45) is 5.73 Å². The molecule has 0 spiro atoms. The summed E-state index contributed by atoms with van der Waals surface area (Å²) in [5, 5.41) is 17.0. The second kappa shape index (κ2) is 5.66. The van der Waals surface area contributed by atoms with Gasteiger partial charge in [-0.1, -0.05) is 19.4 Å². The molecule has 0 aliphatic heterocycles. The van der Waals surface area contributed by atoms with Gasteiger partial charge in [0.2, 0.25) is 0 Å². The predicted octanol–water partition coefficient (Wildman–Crippen LogP) is 1.27. The molecule has 3 N–H and O–H groups in total. The van der Waals surface area contributed by atoms with E-state index in [9.17, 15) is 14.9 Å². The lowest BCUT2D eigenvalue weighted by Crippen LogP contribution is -2.22. The molecule has 20 heavy (non-hydrogen) atoms. The largest absolute Gasteiger partial charge is 0.347 e. The summed E-state index contributed by atoms with van der Waals surface area (Å²) < 4.78 is 1.27. The molecule has 1 heterocycles. The molecule has 2 rings (SSSR count). The third kappa shape index (κ3) is 2.59. The van der Waals surface area contributed by atoms with Crippen LogP contribution in [0.4, 0.5) is 5.69 Å². The number of aromatic amines is 1. The minimum Gasteiger partial charge on any atom is -0.321 e. The van der Waals surface area contributed by atoms with Crippen molar-refractivity contribution in [2.75, 3.05) is 0 Å². The lowest BCUT2D eigenvalue weighted by Gasteiger charge is -2.11. The maximum absolute atomic E-state index is 11.8. The minimum atomic E-state index is -0.514. The molecule has 106 valence electrons. The van der Waals surface area contributed by atoms with Crippen LogP contribution in [0.3, 0.4) is 0 Å². The van der Waals surface area contributed by atoms with Crippen LogP contribution < -0.4 is 11.4 Å². The third-order valence-corrected chi connectivity index (χ3v) is 2.93. The van der Waals surface area contributed by atoms with Gasteiger partial charge in [-0.05, 0) is 12.5 Å². The number of nitro groups is 1. The van der Waals surface area contributed by atoms with Gasteiger partial charge >= 0.3 is 5.69 Å². The summed E-state index contributed by atoms with van der Waals surface area (Å²) in [6.07, 6.45) is 1.51. The highest BCUT2D eigenvalue weighted by Crippen LogP contribution is 2.19. The summed E-state index contributed by atoms with van der Waals surface area (Å²) in [6.45, 7) is 1.97. The molecule has 8 heteroatoms. The van der Waals surface area contributed by atoms with E-state index < -0.39 is 16.7 Å². The Bertz CT molecular complexity index is 676. The number of non-ortho nitro benzene ring substituents is 1. The minimum absolute atomic E-state index is 0.0920. The Hall–Kier alpha value is -2.48. The van der Waals surface area contributed by atoms with Gasteiger partial charge in [-0.15, -0.1) is 0 Å². The van der Waals surface area contributed by atoms with Crippen LogP contribution in [0, 0.1) is 10.1 Å². The molecule has 1 aromatic carbocycles. The van der Waals surface area contributed by atoms with Gasteiger partial charge in [0.05, 0.1) is 16.7 Å². The Balaban J connectivity index is 2.52. The molecule has 0 fully saturated rings. The fourth-order valence-electron chi connectivity index (χ4n) is 1.99. The normalized spacial score (nSPS) is 12.3. The van der Waals surface area contributed by atoms with E-state index >= 15 is 0 Å². The first-order valence-corrected chi connectivity index (χ1v) is 6.22. The summed E-state index contributed by atoms with van der Waals surface area (Å²) in [5.74, 6) is 0.373. The van der Waals surface area contributed by atoms with Gasteiger partial charge in [0.15, 0.2) is 5.82 Å². The van der Waals surface area contributed by atoms with E-state index in [1.54, 1.807) is 6.07 Å². The van der Waals surface area contributed by atoms with Gasteiger partial charge in [0.1, 0.15) is 0 Å². The number of aromatic nitrogens is 3. The Morgan fingerprint density at radius 1 is 1.55 bits per heavy atom. The second-order valence-corrected chi connectivity index (χ2v) is 4.39. The molecule has 0 saturated heterocycles. The third-order valence-electron chi connectivity index (χ3n) is 2.93. The number of nitro benzene ring substituents is 1. The van der Waals surface area contributed by atoms with Crippen molar-refractivity contribution in [1.29, 1.82) is 0 Å². The van der Waals surface area contributed by atoms with Crippen LogP contribution in [0.1, 0.15) is 31.6 Å². The van der Waals surface area contributed by atoms with Crippen molar-refractivity contribution in [3.8, 4) is 5.69 Å². The van der Waals surface area contributed by atoms with Crippen LogP contribution in [0.25, 0.3) is 5.69 Å². The van der Waals surface area contributed by atoms with Gasteiger partial charge in [0.25, 0.3) is 5.69 Å². The summed E-state index contributed by atoms with van der Waals surface area (Å²) in [5.41, 5.74) is 5.80. The van der Waals surface area contributed by atoms with Crippen LogP contribution in [0.15, 0.2) is 29.1 Å². The van der Waals surface area contributed by atoms with Crippen molar-refractivity contribution in [3.63, 3.8) is 0 Å². The first kappa shape index (κ1) is 13.9. The summed E-state index contributed by atoms with van der Waals surface area (Å²) >= 11 is 0. The summed E-state index contributed by atoms with van der Waals surface area (Å²) in [7, 11) is 0. The number of hydrogen-bond donors (Lipinski definition) is 2. The molecule has 0 saturated carbocycles. The van der Waals surface area contributed by atoms with Crippen LogP contribution >= 0.6 is 0 Å². The Morgan fingerprint density at radius 2 is 2.30 bits per heavy atom. The lowest BCUT2D eigenvalue weighted by molar-refractivity contribution is -0.384. The molecule has 0 radical (unpaired) electrons. The molecular formula is C12H15N5O3. The van der Waals surface area contributed by atoms with Gasteiger partial charge < -0.3 is 5.73 Å². The summed E-state index contributed by atoms with van der Waals surface area (Å²) in [6, 6.07) is 5.39. The van der Waals surface area contributed by atoms with E-state index in [0.29, 0.717) is 17.9 Å². The van der Waals surface area contributed by atoms with Gasteiger partial charge in [-0.3, -0.25) is 10.1 Å². The monoisotopic (exact) mass is 277 g/mol. The van der Waals surface area contributed by atoms with Gasteiger partial charge in [0, 0.05) is 12.1 Å². The molecule has 0 aliphatic carbocycles. The van der Waals surface area contributed by atoms with E-state index in [1.807, 2.05) is 6.92 Å². The highest BCUT2D eigenvalue weighted by molar-refractivity contribution is 5.43. The maximum atomic E-state index is 11.8. The standard InChI is InChI=1S/C12H15N5O3/c1-2-4-10(13)11-14-15-12(18)16(11)8-5-3-6-9(7-8)17(19)20/h3,5-7,10H,2,4,13H2,1H3,(H,15,18). The Kier molecular flexibility index (Phi) is 3.94. The SMILES string of the molecule is CCCC(N)c1n[nH]c(=O)n1-c1cccc([N+](=O)[O-])c1. The average Bonchev–Trinajstić information content (AvgIpc) is 2.81. The van der Waals surface area contributed by atoms with Crippen molar-refractivity contribution in [3.05, 3.63) is 50.7 Å². The zero-order chi connectivity index (χ0) is 14.7. The van der Waals surface area contributed by atoms with Gasteiger partial charge in [-0.2, -0.15) is 5.10 Å². The Labute approximate surface area is 114 Å². The quantitative estimate of drug-likeness (QED) is 0.629. The molecule has 0 aliphatic rings. The lowest BCUT2D eigenvalue weighted by atomic mass is 10.1. The van der Waals surface area contributed by atoms with Crippen molar-refractivity contribution in [2.45, 2.75) is 25.8 Å². The van der Waals surface area contributed by atoms with E-state index in [1.165, 1.54) is 22.8 Å². The molecule has 0 amide bonds. The van der Waals surface area contributed by atoms with Crippen molar-refractivity contribution in [1.82, 2.24) is 14.8 Å². The molecule has 1 aromatic heterocycles. The number of nitrogens with zero attached hydrogens (tertiary/aromatic N) is 3. The van der Waals surface area contributed by atoms with Gasteiger partial charge in [-0.25, -0.2) is 14.5 Å². The zero-order valence-corrected chi connectivity index (χ0v) is 10.9. The number of H-pyrrole nitrogens is 1. The fraction of sp³-hybridized carbons (Fsp3) is 0.333. The fourth-order valence-corrected chi connectivity index (χ4v) is 1.99. The predicted molar refractivity (Wildman–Crippen MR) is 72.7 cm³/mol. The van der Waals surface area contributed by atoms with Crippen molar-refractivity contribution < 1.29 is 4.92 Å². The molecule has 2 aromatic rings. The van der Waals surface area contributed by atoms with Crippen molar-refractivity contribution >= 4 is 5.69 Å². The number of rotatable bonds is 5. The van der Waals surface area contributed by atoms with E-state index in [0.717, 1.165) is 6.42 Å². The molecular weight excluding hydrogens is 262 g/mol. The van der Waals surface area contributed by atoms with Crippen LogP contribution in [-0.2, 0) is 0 Å². The van der Waals surface area contributed by atoms with Crippen LogP contribution in [0.5, 0.6) is 0 Å². The second-order valence-electron chi connectivity index (χ2n) is 4.39.